The molecule has 1 unspecified atom stereocenters. The number of hydrogen-bond donors (Lipinski definition) is 1. The lowest BCUT2D eigenvalue weighted by Crippen LogP contribution is -2.16. The fourth-order valence-electron chi connectivity index (χ4n) is 2.03. The first-order valence-electron chi connectivity index (χ1n) is 7.73. The van der Waals surface area contributed by atoms with Gasteiger partial charge in [0.25, 0.3) is 0 Å². The molecule has 0 aromatic heterocycles. The molecule has 0 aliphatic rings. The Morgan fingerprint density at radius 2 is 1.65 bits per heavy atom. The highest BCUT2D eigenvalue weighted by atomic mass is 32.2. The molecule has 0 fully saturated rings. The zero-order valence-electron chi connectivity index (χ0n) is 14.5. The van der Waals surface area contributed by atoms with E-state index in [1.54, 1.807) is 19.9 Å². The molecule has 0 aliphatic carbocycles. The second kappa shape index (κ2) is 7.65. The third-order valence-corrected chi connectivity index (χ3v) is 5.77. The average molecular weight is 400 g/mol. The maximum absolute atomic E-state index is 12.5. The maximum atomic E-state index is 12.5. The van der Waals surface area contributed by atoms with Crippen LogP contribution in [-0.4, -0.2) is 34.5 Å². The van der Waals surface area contributed by atoms with Gasteiger partial charge < -0.3 is 14.0 Å². The molecule has 0 bridgehead atoms. The normalized spacial score (nSPS) is 13.2. The molecule has 0 saturated carbocycles. The molecule has 2 rings (SSSR count). The Kier molecular flexibility index (Phi) is 5.94. The largest absolute Gasteiger partial charge is 0.461 e. The second-order valence-electron chi connectivity index (χ2n) is 5.72. The minimum absolute atomic E-state index is 0.0715. The third kappa shape index (κ3) is 4.96. The van der Waals surface area contributed by atoms with E-state index in [-0.39, 0.29) is 21.3 Å². The van der Waals surface area contributed by atoms with Gasteiger partial charge in [-0.1, -0.05) is 19.1 Å². The second-order valence-corrected chi connectivity index (χ2v) is 9.28. The van der Waals surface area contributed by atoms with Crippen LogP contribution in [-0.2, 0) is 20.0 Å². The minimum Gasteiger partial charge on any atom is -0.461 e. The van der Waals surface area contributed by atoms with Crippen LogP contribution in [0.1, 0.15) is 18.9 Å². The fourth-order valence-corrected chi connectivity index (χ4v) is 3.76. The predicted molar refractivity (Wildman–Crippen MR) is 95.5 cm³/mol. The van der Waals surface area contributed by atoms with E-state index in [0.717, 1.165) is 17.9 Å². The molecule has 0 saturated heterocycles. The van der Waals surface area contributed by atoms with Gasteiger partial charge in [-0.05, 0) is 42.8 Å². The summed E-state index contributed by atoms with van der Waals surface area (Å²) in [6.45, 7) is 3.48. The Morgan fingerprint density at radius 3 is 2.27 bits per heavy atom. The Morgan fingerprint density at radius 1 is 1.00 bits per heavy atom. The van der Waals surface area contributed by atoms with E-state index in [1.807, 2.05) is 0 Å². The zero-order valence-corrected chi connectivity index (χ0v) is 16.2. The van der Waals surface area contributed by atoms with Crippen molar-refractivity contribution < 1.29 is 30.9 Å². The maximum Gasteiger partial charge on any atom is 0.339 e. The first kappa shape index (κ1) is 20.2. The molecule has 0 heterocycles. The van der Waals surface area contributed by atoms with Gasteiger partial charge in [-0.15, -0.1) is 0 Å². The molecule has 0 radical (unpaired) electrons. The number of sulfone groups is 1. The number of aliphatic hydroxyl groups excluding tert-OH is 1. The summed E-state index contributed by atoms with van der Waals surface area (Å²) in [5.74, 6) is -0.0324. The van der Waals surface area contributed by atoms with E-state index >= 15 is 0 Å². The van der Waals surface area contributed by atoms with Crippen molar-refractivity contribution in [2.75, 3.05) is 6.26 Å². The predicted octanol–water partition coefficient (Wildman–Crippen LogP) is 2.27. The number of aryl methyl sites for hydroxylation is 1. The van der Waals surface area contributed by atoms with Gasteiger partial charge in [0.05, 0.1) is 4.90 Å². The highest BCUT2D eigenvalue weighted by Crippen LogP contribution is 2.32. The highest BCUT2D eigenvalue weighted by Gasteiger charge is 2.22. The monoisotopic (exact) mass is 400 g/mol. The van der Waals surface area contributed by atoms with Crippen LogP contribution >= 0.6 is 0 Å². The summed E-state index contributed by atoms with van der Waals surface area (Å²) in [5, 5.41) is 9.67. The van der Waals surface area contributed by atoms with Gasteiger partial charge >= 0.3 is 10.1 Å². The van der Waals surface area contributed by atoms with Crippen molar-refractivity contribution in [1.29, 1.82) is 0 Å². The summed E-state index contributed by atoms with van der Waals surface area (Å²) in [7, 11) is -7.87. The van der Waals surface area contributed by atoms with Crippen molar-refractivity contribution in [3.63, 3.8) is 0 Å². The van der Waals surface area contributed by atoms with Crippen molar-refractivity contribution in [2.24, 2.45) is 0 Å². The number of hydrogen-bond acceptors (Lipinski definition) is 7. The highest BCUT2D eigenvalue weighted by molar-refractivity contribution is 7.90. The quantitative estimate of drug-likeness (QED) is 0.561. The first-order valence-corrected chi connectivity index (χ1v) is 11.0. The Bertz CT molecular complexity index is 996. The Hall–Kier alpha value is -2.10. The van der Waals surface area contributed by atoms with Crippen LogP contribution in [0.15, 0.2) is 52.3 Å². The third-order valence-electron chi connectivity index (χ3n) is 3.43. The van der Waals surface area contributed by atoms with E-state index in [2.05, 4.69) is 0 Å². The standard InChI is InChI=1S/C17H20O7S2/c1-4-17(18)23-16-10-12(2)8-9-15(16)24-26(21,22)14-7-5-6-13(11-14)25(3,19)20/h5-11,17-18H,4H2,1-3H3. The molecule has 0 amide bonds. The topological polar surface area (TPSA) is 107 Å². The summed E-state index contributed by atoms with van der Waals surface area (Å²) >= 11 is 0. The van der Waals surface area contributed by atoms with Gasteiger partial charge in [0.2, 0.25) is 0 Å². The van der Waals surface area contributed by atoms with Gasteiger partial charge in [0.15, 0.2) is 27.6 Å². The minimum atomic E-state index is -4.30. The van der Waals surface area contributed by atoms with Crippen molar-refractivity contribution in [3.05, 3.63) is 48.0 Å². The lowest BCUT2D eigenvalue weighted by atomic mass is 10.2. The molecule has 2 aromatic carbocycles. The van der Waals surface area contributed by atoms with Crippen LogP contribution in [0.25, 0.3) is 0 Å². The van der Waals surface area contributed by atoms with Crippen molar-refractivity contribution in [2.45, 2.75) is 36.3 Å². The first-order chi connectivity index (χ1) is 12.0. The van der Waals surface area contributed by atoms with Crippen LogP contribution in [0.2, 0.25) is 0 Å². The SMILES string of the molecule is CCC(O)Oc1cc(C)ccc1OS(=O)(=O)c1cccc(S(C)(=O)=O)c1. The summed E-state index contributed by atoms with van der Waals surface area (Å²) < 4.78 is 58.8. The summed E-state index contributed by atoms with van der Waals surface area (Å²) in [4.78, 5) is -0.438. The molecule has 1 N–H and O–H groups in total. The molecule has 2 aromatic rings. The van der Waals surface area contributed by atoms with Crippen LogP contribution in [0.5, 0.6) is 11.5 Å². The van der Waals surface area contributed by atoms with Crippen LogP contribution in [0.4, 0.5) is 0 Å². The molecule has 9 heteroatoms. The van der Waals surface area contributed by atoms with Crippen molar-refractivity contribution in [1.82, 2.24) is 0 Å². The summed E-state index contributed by atoms with van der Waals surface area (Å²) in [5.41, 5.74) is 0.784. The van der Waals surface area contributed by atoms with Gasteiger partial charge in [0.1, 0.15) is 4.90 Å². The molecule has 0 aliphatic heterocycles. The van der Waals surface area contributed by atoms with E-state index in [9.17, 15) is 21.9 Å². The number of aliphatic hydroxyl groups is 1. The summed E-state index contributed by atoms with van der Waals surface area (Å²) in [6, 6.07) is 9.46. The number of ether oxygens (including phenoxy) is 1. The summed E-state index contributed by atoms with van der Waals surface area (Å²) in [6.07, 6.45) is 0.171. The molecule has 1 atom stereocenters. The molecular formula is C17H20O7S2. The smallest absolute Gasteiger partial charge is 0.339 e. The van der Waals surface area contributed by atoms with Gasteiger partial charge in [-0.25, -0.2) is 8.42 Å². The van der Waals surface area contributed by atoms with E-state index in [0.29, 0.717) is 6.42 Å². The number of benzene rings is 2. The van der Waals surface area contributed by atoms with Crippen molar-refractivity contribution in [3.8, 4) is 11.5 Å². The van der Waals surface area contributed by atoms with Crippen LogP contribution in [0.3, 0.4) is 0 Å². The zero-order chi connectivity index (χ0) is 19.5. The molecule has 26 heavy (non-hydrogen) atoms. The lowest BCUT2D eigenvalue weighted by molar-refractivity contribution is -0.0201. The van der Waals surface area contributed by atoms with E-state index in [1.165, 1.54) is 30.3 Å². The van der Waals surface area contributed by atoms with E-state index in [4.69, 9.17) is 8.92 Å². The fraction of sp³-hybridized carbons (Fsp3) is 0.294. The lowest BCUT2D eigenvalue weighted by Gasteiger charge is -2.16. The molecule has 0 spiro atoms. The van der Waals surface area contributed by atoms with Crippen LogP contribution < -0.4 is 8.92 Å². The van der Waals surface area contributed by atoms with Crippen LogP contribution in [0, 0.1) is 6.92 Å². The Balaban J connectivity index is 2.41. The van der Waals surface area contributed by atoms with Gasteiger partial charge in [-0.3, -0.25) is 0 Å². The van der Waals surface area contributed by atoms with E-state index < -0.39 is 26.2 Å². The number of rotatable bonds is 7. The Labute approximate surface area is 153 Å². The molecule has 7 nitrogen and oxygen atoms in total. The van der Waals surface area contributed by atoms with Crippen molar-refractivity contribution >= 4 is 20.0 Å². The van der Waals surface area contributed by atoms with Gasteiger partial charge in [0, 0.05) is 12.7 Å². The molecule has 142 valence electrons. The van der Waals surface area contributed by atoms with Gasteiger partial charge in [-0.2, -0.15) is 8.42 Å². The average Bonchev–Trinajstić information content (AvgIpc) is 2.56. The molecular weight excluding hydrogens is 380 g/mol.